The van der Waals surface area contributed by atoms with Crippen LogP contribution in [0.15, 0.2) is 41.2 Å². The number of ether oxygens (including phenoxy) is 3. The second kappa shape index (κ2) is 14.9. The van der Waals surface area contributed by atoms with Gasteiger partial charge in [-0.1, -0.05) is 0 Å². The smallest absolute Gasteiger partial charge is 0.261 e. The van der Waals surface area contributed by atoms with Crippen LogP contribution in [0.2, 0.25) is 0 Å². The number of aromatic nitrogens is 2. The molecule has 0 aliphatic carbocycles. The van der Waals surface area contributed by atoms with Crippen molar-refractivity contribution in [1.29, 1.82) is 0 Å². The molecule has 4 heterocycles. The van der Waals surface area contributed by atoms with Gasteiger partial charge in [0.25, 0.3) is 5.56 Å². The van der Waals surface area contributed by atoms with Gasteiger partial charge in [0.1, 0.15) is 34.6 Å². The number of hydrogen-bond acceptors (Lipinski definition) is 9. The monoisotopic (exact) mass is 625 g/mol. The van der Waals surface area contributed by atoms with Gasteiger partial charge in [0.2, 0.25) is 0 Å². The lowest BCUT2D eigenvalue weighted by molar-refractivity contribution is 0.0841. The molecule has 0 radical (unpaired) electrons. The van der Waals surface area contributed by atoms with Crippen molar-refractivity contribution in [3.8, 4) is 11.5 Å². The van der Waals surface area contributed by atoms with Gasteiger partial charge in [-0.05, 0) is 81.8 Å². The van der Waals surface area contributed by atoms with E-state index in [-0.39, 0.29) is 11.5 Å². The third-order valence-electron chi connectivity index (χ3n) is 9.05. The fraction of sp³-hybridized carbons (Fsp3) is 0.576. The zero-order valence-corrected chi connectivity index (χ0v) is 26.2. The van der Waals surface area contributed by atoms with E-state index in [0.717, 1.165) is 102 Å². The molecule has 0 unspecified atom stereocenters. The Labute approximate surface area is 262 Å². The molecule has 0 bridgehead atoms. The summed E-state index contributed by atoms with van der Waals surface area (Å²) in [6.07, 6.45) is 6.45. The maximum Gasteiger partial charge on any atom is 0.261 e. The van der Waals surface area contributed by atoms with E-state index in [4.69, 9.17) is 19.9 Å². The summed E-state index contributed by atoms with van der Waals surface area (Å²) in [6, 6.07) is 10.7. The van der Waals surface area contributed by atoms with Gasteiger partial charge >= 0.3 is 0 Å². The molecule has 3 aromatic rings. The number of hydrogen-bond donors (Lipinski definition) is 2. The molecule has 3 saturated heterocycles. The lowest BCUT2D eigenvalue weighted by Gasteiger charge is -2.36. The van der Waals surface area contributed by atoms with Crippen molar-refractivity contribution in [2.24, 2.45) is 5.92 Å². The first-order valence-electron chi connectivity index (χ1n) is 16.0. The zero-order chi connectivity index (χ0) is 30.3. The minimum Gasteiger partial charge on any atom is -0.493 e. The lowest BCUT2D eigenvalue weighted by Crippen LogP contribution is -2.44. The number of H-pyrrole nitrogens is 1. The second-order valence-corrected chi connectivity index (χ2v) is 13.5. The Hall–Kier alpha value is -2.86. The number of fused-ring (bicyclic) bond motifs is 1. The Balaban J connectivity index is 0.919. The van der Waals surface area contributed by atoms with Crippen molar-refractivity contribution >= 4 is 28.4 Å². The van der Waals surface area contributed by atoms with Crippen molar-refractivity contribution in [1.82, 2.24) is 19.8 Å². The van der Waals surface area contributed by atoms with Crippen LogP contribution in [0, 0.1) is 11.7 Å². The van der Waals surface area contributed by atoms with Gasteiger partial charge in [0.15, 0.2) is 0 Å². The van der Waals surface area contributed by atoms with Gasteiger partial charge in [-0.3, -0.25) is 4.79 Å². The molecule has 0 amide bonds. The fourth-order valence-corrected chi connectivity index (χ4v) is 7.36. The fourth-order valence-electron chi connectivity index (χ4n) is 6.30. The van der Waals surface area contributed by atoms with Crippen molar-refractivity contribution in [3.63, 3.8) is 0 Å². The van der Waals surface area contributed by atoms with Crippen molar-refractivity contribution in [2.45, 2.75) is 55.6 Å². The van der Waals surface area contributed by atoms with Gasteiger partial charge in [-0.15, -0.1) is 0 Å². The lowest BCUT2D eigenvalue weighted by atomic mass is 9.98. The number of benzene rings is 2. The van der Waals surface area contributed by atoms with Crippen LogP contribution in [-0.2, 0) is 10.5 Å². The standard InChI is InChI=1S/C33H44FN5O4S/c34-29-19-27(20-30-32(29)33(40)37-31(36-30)22-44-28-9-17-41-18-10-28)42-21-23-5-11-38(12-6-23)15-16-39-13-7-26(8-14-39)43-25-3-1-24(35)2-4-25/h1-4,19-20,23,26,28H,5-18,21-22,35H2,(H,36,37,40). The van der Waals surface area contributed by atoms with E-state index in [9.17, 15) is 9.18 Å². The normalized spacial score (nSPS) is 19.8. The first-order chi connectivity index (χ1) is 21.5. The van der Waals surface area contributed by atoms with E-state index in [1.54, 1.807) is 17.8 Å². The first kappa shape index (κ1) is 31.1. The number of rotatable bonds is 11. The van der Waals surface area contributed by atoms with Crippen LogP contribution in [-0.4, -0.2) is 90.2 Å². The quantitative estimate of drug-likeness (QED) is 0.294. The van der Waals surface area contributed by atoms with Crippen molar-refractivity contribution in [2.75, 3.05) is 64.8 Å². The first-order valence-corrected chi connectivity index (χ1v) is 17.0. The molecule has 0 atom stereocenters. The molecule has 238 valence electrons. The summed E-state index contributed by atoms with van der Waals surface area (Å²) in [6.45, 7) is 8.43. The number of nitrogens with two attached hydrogens (primary N) is 1. The minimum atomic E-state index is -0.592. The Kier molecular flexibility index (Phi) is 10.6. The molecular weight excluding hydrogens is 581 g/mol. The molecule has 3 fully saturated rings. The van der Waals surface area contributed by atoms with Crippen molar-refractivity contribution < 1.29 is 18.6 Å². The van der Waals surface area contributed by atoms with Crippen LogP contribution in [0.1, 0.15) is 44.3 Å². The number of nitrogen functional groups attached to an aromatic ring is 1. The van der Waals surface area contributed by atoms with Gasteiger partial charge in [-0.25, -0.2) is 9.37 Å². The molecule has 3 N–H and O–H groups in total. The molecule has 1 aromatic heterocycles. The highest BCUT2D eigenvalue weighted by Gasteiger charge is 2.24. The summed E-state index contributed by atoms with van der Waals surface area (Å²) in [7, 11) is 0. The van der Waals surface area contributed by atoms with E-state index in [2.05, 4.69) is 19.8 Å². The molecule has 3 aliphatic heterocycles. The number of thioether (sulfide) groups is 1. The summed E-state index contributed by atoms with van der Waals surface area (Å²) < 4.78 is 32.6. The van der Waals surface area contributed by atoms with E-state index >= 15 is 0 Å². The predicted molar refractivity (Wildman–Crippen MR) is 173 cm³/mol. The van der Waals surface area contributed by atoms with Crippen LogP contribution in [0.4, 0.5) is 10.1 Å². The number of likely N-dealkylation sites (tertiary alicyclic amines) is 2. The average molecular weight is 626 g/mol. The molecule has 11 heteroatoms. The van der Waals surface area contributed by atoms with E-state index in [1.165, 1.54) is 6.07 Å². The number of piperidine rings is 2. The number of anilines is 1. The number of nitrogens with one attached hydrogen (secondary N) is 1. The van der Waals surface area contributed by atoms with Gasteiger partial charge in [0.05, 0.1) is 17.9 Å². The third-order valence-corrected chi connectivity index (χ3v) is 10.4. The zero-order valence-electron chi connectivity index (χ0n) is 25.3. The molecular formula is C33H44FN5O4S. The molecule has 6 rings (SSSR count). The maximum atomic E-state index is 14.9. The summed E-state index contributed by atoms with van der Waals surface area (Å²) in [5.41, 5.74) is 6.44. The van der Waals surface area contributed by atoms with E-state index in [0.29, 0.717) is 40.6 Å². The molecule has 2 aromatic carbocycles. The van der Waals surface area contributed by atoms with Crippen LogP contribution in [0.25, 0.3) is 10.9 Å². The van der Waals surface area contributed by atoms with Gasteiger partial charge in [-0.2, -0.15) is 11.8 Å². The van der Waals surface area contributed by atoms with Gasteiger partial charge < -0.3 is 34.7 Å². The highest BCUT2D eigenvalue weighted by molar-refractivity contribution is 7.99. The molecule has 0 spiro atoms. The molecule has 0 saturated carbocycles. The van der Waals surface area contributed by atoms with Crippen LogP contribution in [0.3, 0.4) is 0 Å². The number of halogens is 1. The summed E-state index contributed by atoms with van der Waals surface area (Å²) in [5.74, 6) is 2.31. The Morgan fingerprint density at radius 1 is 0.955 bits per heavy atom. The maximum absolute atomic E-state index is 14.9. The summed E-state index contributed by atoms with van der Waals surface area (Å²) in [5, 5.41) is 0.478. The number of nitrogens with zero attached hydrogens (tertiary/aromatic N) is 3. The predicted octanol–water partition coefficient (Wildman–Crippen LogP) is 4.69. The highest BCUT2D eigenvalue weighted by atomic mass is 32.2. The largest absolute Gasteiger partial charge is 0.493 e. The van der Waals surface area contributed by atoms with Crippen LogP contribution < -0.4 is 20.8 Å². The van der Waals surface area contributed by atoms with Gasteiger partial charge in [0, 0.05) is 62.5 Å². The molecule has 9 nitrogen and oxygen atoms in total. The SMILES string of the molecule is Nc1ccc(OC2CCN(CCN3CCC(COc4cc(F)c5c(=O)[nH]c(CSC6CCOCC6)nc5c4)CC3)CC2)cc1. The second-order valence-electron chi connectivity index (χ2n) is 12.3. The Bertz CT molecular complexity index is 1420. The minimum absolute atomic E-state index is 0.0102. The Morgan fingerprint density at radius 3 is 2.34 bits per heavy atom. The topological polar surface area (TPSA) is 106 Å². The highest BCUT2D eigenvalue weighted by Crippen LogP contribution is 2.27. The molecule has 44 heavy (non-hydrogen) atoms. The Morgan fingerprint density at radius 2 is 1.64 bits per heavy atom. The number of aromatic amines is 1. The van der Waals surface area contributed by atoms with E-state index in [1.807, 2.05) is 24.3 Å². The molecule has 3 aliphatic rings. The summed E-state index contributed by atoms with van der Waals surface area (Å²) in [4.78, 5) is 25.1. The van der Waals surface area contributed by atoms with Crippen LogP contribution in [0.5, 0.6) is 11.5 Å². The van der Waals surface area contributed by atoms with Crippen LogP contribution >= 0.6 is 11.8 Å². The average Bonchev–Trinajstić information content (AvgIpc) is 3.04. The third kappa shape index (κ3) is 8.44. The van der Waals surface area contributed by atoms with Crippen molar-refractivity contribution in [3.05, 3.63) is 58.4 Å². The van der Waals surface area contributed by atoms with E-state index < -0.39 is 11.4 Å². The summed E-state index contributed by atoms with van der Waals surface area (Å²) >= 11 is 1.76.